The highest BCUT2D eigenvalue weighted by Gasteiger charge is 2.30. The first kappa shape index (κ1) is 16.5. The third kappa shape index (κ3) is 3.28. The first-order chi connectivity index (χ1) is 11.0. The lowest BCUT2D eigenvalue weighted by Gasteiger charge is -2.34. The lowest BCUT2D eigenvalue weighted by Crippen LogP contribution is -2.50. The Labute approximate surface area is 138 Å². The predicted molar refractivity (Wildman–Crippen MR) is 88.7 cm³/mol. The van der Waals surface area contributed by atoms with Crippen molar-refractivity contribution in [1.29, 1.82) is 0 Å². The van der Waals surface area contributed by atoms with Crippen molar-refractivity contribution in [2.75, 3.05) is 26.2 Å². The van der Waals surface area contributed by atoms with Gasteiger partial charge < -0.3 is 4.90 Å². The molecule has 6 heteroatoms. The molecule has 0 saturated carbocycles. The van der Waals surface area contributed by atoms with Crippen LogP contribution in [0, 0.1) is 0 Å². The number of hydrogen-bond donors (Lipinski definition) is 0. The molecule has 0 unspecified atom stereocenters. The van der Waals surface area contributed by atoms with Gasteiger partial charge in [-0.15, -0.1) is 0 Å². The average molecular weight is 336 g/mol. The van der Waals surface area contributed by atoms with Crippen LogP contribution in [0.25, 0.3) is 0 Å². The summed E-state index contributed by atoms with van der Waals surface area (Å²) in [4.78, 5) is 14.1. The summed E-state index contributed by atoms with van der Waals surface area (Å²) in [6.45, 7) is 3.72. The highest BCUT2D eigenvalue weighted by Crippen LogP contribution is 2.26. The Morgan fingerprint density at radius 2 is 1.78 bits per heavy atom. The Hall–Kier alpha value is -1.40. The number of fused-ring (bicyclic) bond motifs is 1. The molecule has 1 aliphatic heterocycles. The first-order valence-electron chi connectivity index (χ1n) is 8.42. The van der Waals surface area contributed by atoms with Crippen LogP contribution in [0.3, 0.4) is 0 Å². The molecule has 0 spiro atoms. The Morgan fingerprint density at radius 3 is 2.48 bits per heavy atom. The van der Waals surface area contributed by atoms with E-state index in [-0.39, 0.29) is 5.91 Å². The van der Waals surface area contributed by atoms with E-state index < -0.39 is 10.0 Å². The van der Waals surface area contributed by atoms with Crippen molar-refractivity contribution >= 4 is 15.9 Å². The molecule has 0 atom stereocenters. The number of benzene rings is 1. The SMILES string of the molecule is CCCC(=O)N1CCN(S(=O)(=O)c2ccc3c(c2)CCC3)CC1. The Bertz CT molecular complexity index is 692. The van der Waals surface area contributed by atoms with Crippen LogP contribution in [0.1, 0.15) is 37.3 Å². The molecule has 2 aliphatic rings. The topological polar surface area (TPSA) is 57.7 Å². The van der Waals surface area contributed by atoms with E-state index in [4.69, 9.17) is 0 Å². The van der Waals surface area contributed by atoms with Crippen LogP contribution in [-0.2, 0) is 27.7 Å². The highest BCUT2D eigenvalue weighted by molar-refractivity contribution is 7.89. The van der Waals surface area contributed by atoms with E-state index in [0.29, 0.717) is 37.5 Å². The second-order valence-electron chi connectivity index (χ2n) is 6.32. The van der Waals surface area contributed by atoms with Gasteiger partial charge in [-0.25, -0.2) is 8.42 Å². The van der Waals surface area contributed by atoms with Gasteiger partial charge in [0.2, 0.25) is 15.9 Å². The number of carbonyl (C=O) groups excluding carboxylic acids is 1. The molecule has 1 saturated heterocycles. The number of amides is 1. The van der Waals surface area contributed by atoms with Crippen LogP contribution < -0.4 is 0 Å². The van der Waals surface area contributed by atoms with Crippen LogP contribution in [0.4, 0.5) is 0 Å². The van der Waals surface area contributed by atoms with Gasteiger partial charge in [0.15, 0.2) is 0 Å². The molecule has 126 valence electrons. The standard InChI is InChI=1S/C17H24N2O3S/c1-2-4-17(20)18-9-11-19(12-10-18)23(21,22)16-8-7-14-5-3-6-15(14)13-16/h7-8,13H,2-6,9-12H2,1H3. The maximum Gasteiger partial charge on any atom is 0.243 e. The van der Waals surface area contributed by atoms with Crippen LogP contribution in [0.15, 0.2) is 23.1 Å². The third-order valence-electron chi connectivity index (χ3n) is 4.76. The lowest BCUT2D eigenvalue weighted by molar-refractivity contribution is -0.132. The molecular formula is C17H24N2O3S. The van der Waals surface area contributed by atoms with E-state index >= 15 is 0 Å². The largest absolute Gasteiger partial charge is 0.340 e. The normalized spacial score (nSPS) is 18.9. The molecular weight excluding hydrogens is 312 g/mol. The lowest BCUT2D eigenvalue weighted by atomic mass is 10.1. The number of piperazine rings is 1. The third-order valence-corrected chi connectivity index (χ3v) is 6.66. The molecule has 23 heavy (non-hydrogen) atoms. The van der Waals surface area contributed by atoms with Crippen LogP contribution in [-0.4, -0.2) is 49.7 Å². The number of carbonyl (C=O) groups is 1. The molecule has 0 N–H and O–H groups in total. The average Bonchev–Trinajstić information content (AvgIpc) is 3.03. The monoisotopic (exact) mass is 336 g/mol. The zero-order valence-corrected chi connectivity index (χ0v) is 14.4. The van der Waals surface area contributed by atoms with Crippen LogP contribution in [0.5, 0.6) is 0 Å². The van der Waals surface area contributed by atoms with Crippen molar-refractivity contribution in [3.63, 3.8) is 0 Å². The molecule has 1 aliphatic carbocycles. The number of hydrogen-bond acceptors (Lipinski definition) is 3. The molecule has 1 fully saturated rings. The fraction of sp³-hybridized carbons (Fsp3) is 0.588. The summed E-state index contributed by atoms with van der Waals surface area (Å²) in [5.74, 6) is 0.127. The van der Waals surface area contributed by atoms with Gasteiger partial charge in [-0.1, -0.05) is 13.0 Å². The van der Waals surface area contributed by atoms with E-state index in [1.807, 2.05) is 19.1 Å². The minimum atomic E-state index is -3.45. The van der Waals surface area contributed by atoms with Crippen molar-refractivity contribution in [3.8, 4) is 0 Å². The summed E-state index contributed by atoms with van der Waals surface area (Å²) in [6.07, 6.45) is 4.49. The van der Waals surface area contributed by atoms with Crippen molar-refractivity contribution in [2.24, 2.45) is 0 Å². The van der Waals surface area contributed by atoms with Gasteiger partial charge in [0.05, 0.1) is 4.90 Å². The van der Waals surface area contributed by atoms with Gasteiger partial charge in [-0.3, -0.25) is 4.79 Å². The van der Waals surface area contributed by atoms with E-state index in [9.17, 15) is 13.2 Å². The Balaban J connectivity index is 1.71. The molecule has 1 aromatic carbocycles. The number of sulfonamides is 1. The maximum atomic E-state index is 12.8. The summed E-state index contributed by atoms with van der Waals surface area (Å²) in [6, 6.07) is 5.52. The quantitative estimate of drug-likeness (QED) is 0.842. The van der Waals surface area contributed by atoms with E-state index in [1.165, 1.54) is 15.4 Å². The van der Waals surface area contributed by atoms with Gasteiger partial charge in [-0.2, -0.15) is 4.31 Å². The summed E-state index contributed by atoms with van der Waals surface area (Å²) >= 11 is 0. The number of rotatable bonds is 4. The second-order valence-corrected chi connectivity index (χ2v) is 8.26. The smallest absolute Gasteiger partial charge is 0.243 e. The van der Waals surface area contributed by atoms with Gasteiger partial charge in [0, 0.05) is 32.6 Å². The van der Waals surface area contributed by atoms with Crippen molar-refractivity contribution in [3.05, 3.63) is 29.3 Å². The number of aryl methyl sites for hydroxylation is 2. The first-order valence-corrected chi connectivity index (χ1v) is 9.86. The summed E-state index contributed by atoms with van der Waals surface area (Å²) in [7, 11) is -3.45. The molecule has 0 radical (unpaired) electrons. The maximum absolute atomic E-state index is 12.8. The van der Waals surface area contributed by atoms with Gasteiger partial charge >= 0.3 is 0 Å². The zero-order valence-electron chi connectivity index (χ0n) is 13.6. The predicted octanol–water partition coefficient (Wildman–Crippen LogP) is 1.81. The molecule has 1 aromatic rings. The summed E-state index contributed by atoms with van der Waals surface area (Å²) in [5.41, 5.74) is 2.45. The van der Waals surface area contributed by atoms with E-state index in [2.05, 4.69) is 0 Å². The Kier molecular flexibility index (Phi) is 4.73. The van der Waals surface area contributed by atoms with Crippen LogP contribution >= 0.6 is 0 Å². The summed E-state index contributed by atoms with van der Waals surface area (Å²) < 4.78 is 27.1. The zero-order chi connectivity index (χ0) is 16.4. The number of nitrogens with zero attached hydrogens (tertiary/aromatic N) is 2. The Morgan fingerprint density at radius 1 is 1.09 bits per heavy atom. The van der Waals surface area contributed by atoms with Crippen molar-refractivity contribution < 1.29 is 13.2 Å². The molecule has 1 heterocycles. The second kappa shape index (κ2) is 6.61. The van der Waals surface area contributed by atoms with Crippen LogP contribution in [0.2, 0.25) is 0 Å². The van der Waals surface area contributed by atoms with Gasteiger partial charge in [-0.05, 0) is 48.9 Å². The van der Waals surface area contributed by atoms with Gasteiger partial charge in [0.1, 0.15) is 0 Å². The molecule has 1 amide bonds. The van der Waals surface area contributed by atoms with Crippen molar-refractivity contribution in [2.45, 2.75) is 43.9 Å². The van der Waals surface area contributed by atoms with Crippen molar-refractivity contribution in [1.82, 2.24) is 9.21 Å². The fourth-order valence-electron chi connectivity index (χ4n) is 3.41. The van der Waals surface area contributed by atoms with Gasteiger partial charge in [0.25, 0.3) is 0 Å². The molecule has 5 nitrogen and oxygen atoms in total. The van der Waals surface area contributed by atoms with E-state index in [0.717, 1.165) is 25.7 Å². The molecule has 0 aromatic heterocycles. The molecule has 3 rings (SSSR count). The van der Waals surface area contributed by atoms with E-state index in [1.54, 1.807) is 11.0 Å². The fourth-order valence-corrected chi connectivity index (χ4v) is 4.88. The summed E-state index contributed by atoms with van der Waals surface area (Å²) in [5, 5.41) is 0. The molecule has 0 bridgehead atoms. The minimum absolute atomic E-state index is 0.127. The highest BCUT2D eigenvalue weighted by atomic mass is 32.2. The minimum Gasteiger partial charge on any atom is -0.340 e.